The van der Waals surface area contributed by atoms with E-state index >= 15 is 0 Å². The molecule has 2 heterocycles. The van der Waals surface area contributed by atoms with Crippen molar-refractivity contribution in [3.63, 3.8) is 0 Å². The van der Waals surface area contributed by atoms with Crippen molar-refractivity contribution in [3.8, 4) is 0 Å². The zero-order valence-corrected chi connectivity index (χ0v) is 36.8. The third kappa shape index (κ3) is 18.8. The van der Waals surface area contributed by atoms with Crippen LogP contribution in [-0.2, 0) is 52.5 Å². The van der Waals surface area contributed by atoms with E-state index in [4.69, 9.17) is 30.1 Å². The molecule has 1 aromatic heterocycles. The number of carbonyl (C=O) groups is 7. The minimum absolute atomic E-state index is 0.0743. The number of nitrogens with one attached hydrogen (secondary N) is 7. The first kappa shape index (κ1) is 51.9. The predicted octanol–water partition coefficient (Wildman–Crippen LogP) is -0.768. The molecule has 0 unspecified atom stereocenters. The maximum absolute atomic E-state index is 13.5. The summed E-state index contributed by atoms with van der Waals surface area (Å²) in [4.78, 5) is 97.8. The molecule has 63 heavy (non-hydrogen) atoms. The molecule has 0 radical (unpaired) electrons. The standard InChI is InChI=1S/C38H56N10O13S2/c1-4-21(2)31(48-29(50)19-61-15-14-60-13-12-59-11-10-58-3)34(55)45-25(17-30(51)52)32(53)42-18-28(49)44-24(6-5-9-41-38(39)40)33(54)43-22-7-8-23-27(16-22)63-36(46-23)35-47-26(20-62-35)37(56)57/h7-8,16,21,24-26,31H,4-6,9-15,17-20H2,1-3H3,(H,42,53)(H,43,54)(H,44,49)(H,45,55)(H,48,50)(H,51,52)(H,56,57)(H4,39,40,41)/t21-,24-,25-,26+,31-/m0/s1. The Bertz CT molecular complexity index is 1930. The van der Waals surface area contributed by atoms with Crippen LogP contribution in [0.1, 0.15) is 44.5 Å². The number of amides is 5. The molecule has 0 saturated heterocycles. The van der Waals surface area contributed by atoms with Crippen molar-refractivity contribution in [1.82, 2.24) is 31.6 Å². The number of thiazole rings is 1. The average Bonchev–Trinajstić information content (AvgIpc) is 3.91. The van der Waals surface area contributed by atoms with Crippen molar-refractivity contribution >= 4 is 91.5 Å². The van der Waals surface area contributed by atoms with E-state index in [1.807, 2.05) is 0 Å². The number of rotatable bonds is 30. The lowest BCUT2D eigenvalue weighted by Gasteiger charge is -2.26. The Morgan fingerprint density at radius 1 is 0.905 bits per heavy atom. The van der Waals surface area contributed by atoms with Crippen LogP contribution in [0.2, 0.25) is 0 Å². The Morgan fingerprint density at radius 3 is 2.24 bits per heavy atom. The number of anilines is 1. The van der Waals surface area contributed by atoms with Crippen LogP contribution in [0.25, 0.3) is 10.2 Å². The highest BCUT2D eigenvalue weighted by atomic mass is 32.2. The highest BCUT2D eigenvalue weighted by Crippen LogP contribution is 2.31. The van der Waals surface area contributed by atoms with Crippen LogP contribution in [0, 0.1) is 11.3 Å². The normalized spacial score (nSPS) is 15.3. The Labute approximate surface area is 371 Å². The summed E-state index contributed by atoms with van der Waals surface area (Å²) in [6.07, 6.45) is -0.0607. The molecule has 0 bridgehead atoms. The summed E-state index contributed by atoms with van der Waals surface area (Å²) < 4.78 is 21.6. The van der Waals surface area contributed by atoms with Gasteiger partial charge in [-0.15, -0.1) is 23.1 Å². The number of hydrogen-bond acceptors (Lipinski definition) is 16. The van der Waals surface area contributed by atoms with Gasteiger partial charge in [0.1, 0.15) is 34.8 Å². The number of fused-ring (bicyclic) bond motifs is 1. The number of ether oxygens (including phenoxy) is 4. The molecule has 25 heteroatoms. The van der Waals surface area contributed by atoms with E-state index in [9.17, 15) is 43.8 Å². The zero-order chi connectivity index (χ0) is 46.3. The van der Waals surface area contributed by atoms with Crippen molar-refractivity contribution in [2.24, 2.45) is 16.6 Å². The summed E-state index contributed by atoms with van der Waals surface area (Å²) in [5.74, 6) is -6.79. The van der Waals surface area contributed by atoms with Gasteiger partial charge >= 0.3 is 11.9 Å². The number of carbonyl (C=O) groups excluding carboxylic acids is 5. The molecule has 3 rings (SSSR count). The molecule has 0 fully saturated rings. The lowest BCUT2D eigenvalue weighted by atomic mass is 9.97. The van der Waals surface area contributed by atoms with Crippen molar-refractivity contribution < 1.29 is 62.7 Å². The van der Waals surface area contributed by atoms with E-state index in [1.54, 1.807) is 39.2 Å². The molecule has 0 spiro atoms. The van der Waals surface area contributed by atoms with Gasteiger partial charge in [0.2, 0.25) is 29.5 Å². The van der Waals surface area contributed by atoms with Gasteiger partial charge in [0.05, 0.1) is 62.8 Å². The van der Waals surface area contributed by atoms with Gasteiger partial charge in [-0.3, -0.25) is 39.2 Å². The minimum Gasteiger partial charge on any atom is -0.481 e. The Balaban J connectivity index is 1.59. The first-order chi connectivity index (χ1) is 30.1. The highest BCUT2D eigenvalue weighted by molar-refractivity contribution is 8.15. The third-order valence-electron chi connectivity index (χ3n) is 9.07. The van der Waals surface area contributed by atoms with Gasteiger partial charge in [-0.1, -0.05) is 20.3 Å². The minimum atomic E-state index is -1.64. The third-order valence-corrected chi connectivity index (χ3v) is 11.3. The number of nitrogens with two attached hydrogens (primary N) is 1. The van der Waals surface area contributed by atoms with E-state index < -0.39 is 91.1 Å². The van der Waals surface area contributed by atoms with Crippen LogP contribution in [0.15, 0.2) is 23.2 Å². The van der Waals surface area contributed by atoms with Gasteiger partial charge < -0.3 is 66.8 Å². The molecule has 2 aromatic rings. The first-order valence-corrected chi connectivity index (χ1v) is 21.8. The van der Waals surface area contributed by atoms with Crippen LogP contribution in [0.5, 0.6) is 0 Å². The van der Waals surface area contributed by atoms with Crippen molar-refractivity contribution in [2.45, 2.75) is 63.7 Å². The number of methoxy groups -OCH3 is 1. The topological polar surface area (TPSA) is 344 Å². The largest absolute Gasteiger partial charge is 0.481 e. The molecule has 11 N–H and O–H groups in total. The molecule has 1 aromatic carbocycles. The Kier molecular flexibility index (Phi) is 22.7. The number of nitrogens with zero attached hydrogens (tertiary/aromatic N) is 2. The summed E-state index contributed by atoms with van der Waals surface area (Å²) in [5, 5.41) is 42.4. The van der Waals surface area contributed by atoms with E-state index in [2.05, 4.69) is 41.9 Å². The molecular weight excluding hydrogens is 869 g/mol. The number of aromatic nitrogens is 1. The number of benzene rings is 1. The number of guanidine groups is 1. The van der Waals surface area contributed by atoms with Gasteiger partial charge in [0.25, 0.3) is 0 Å². The number of aliphatic carboxylic acids is 2. The van der Waals surface area contributed by atoms with E-state index in [0.29, 0.717) is 64.6 Å². The molecule has 1 aliphatic rings. The van der Waals surface area contributed by atoms with Gasteiger partial charge in [-0.2, -0.15) is 0 Å². The number of carboxylic acids is 2. The fraction of sp³-hybridized carbons (Fsp3) is 0.579. The number of hydrogen-bond donors (Lipinski definition) is 10. The van der Waals surface area contributed by atoms with Crippen molar-refractivity contribution in [1.29, 1.82) is 5.41 Å². The van der Waals surface area contributed by atoms with Crippen molar-refractivity contribution in [3.05, 3.63) is 23.2 Å². The predicted molar refractivity (Wildman–Crippen MR) is 233 cm³/mol. The van der Waals surface area contributed by atoms with Gasteiger partial charge in [-0.25, -0.2) is 9.78 Å². The number of aliphatic imine (C=N–C) groups is 1. The summed E-state index contributed by atoms with van der Waals surface area (Å²) in [5.41, 5.74) is 6.34. The molecule has 0 saturated carbocycles. The van der Waals surface area contributed by atoms with Gasteiger partial charge in [-0.05, 0) is 37.0 Å². The van der Waals surface area contributed by atoms with E-state index in [1.165, 1.54) is 23.1 Å². The molecule has 1 aliphatic heterocycles. The van der Waals surface area contributed by atoms with E-state index in [0.717, 1.165) is 0 Å². The Morgan fingerprint density at radius 2 is 1.60 bits per heavy atom. The van der Waals surface area contributed by atoms with Gasteiger partial charge in [0.15, 0.2) is 12.0 Å². The maximum Gasteiger partial charge on any atom is 0.329 e. The molecule has 348 valence electrons. The second-order valence-corrected chi connectivity index (χ2v) is 16.0. The first-order valence-electron chi connectivity index (χ1n) is 20.0. The Hall–Kier alpha value is -5.47. The smallest absolute Gasteiger partial charge is 0.329 e. The number of thioether (sulfide) groups is 1. The van der Waals surface area contributed by atoms with Crippen LogP contribution in [0.3, 0.4) is 0 Å². The molecule has 5 amide bonds. The molecule has 23 nitrogen and oxygen atoms in total. The average molecular weight is 925 g/mol. The fourth-order valence-corrected chi connectivity index (χ4v) is 7.69. The zero-order valence-electron chi connectivity index (χ0n) is 35.2. The summed E-state index contributed by atoms with van der Waals surface area (Å²) >= 11 is 2.56. The highest BCUT2D eigenvalue weighted by Gasteiger charge is 2.32. The van der Waals surface area contributed by atoms with E-state index in [-0.39, 0.29) is 38.6 Å². The fourth-order valence-electron chi connectivity index (χ4n) is 5.58. The lowest BCUT2D eigenvalue weighted by molar-refractivity contribution is -0.141. The van der Waals surface area contributed by atoms with Crippen LogP contribution >= 0.6 is 23.1 Å². The van der Waals surface area contributed by atoms with Gasteiger partial charge in [0, 0.05) is 25.1 Å². The quantitative estimate of drug-likeness (QED) is 0.0261. The summed E-state index contributed by atoms with van der Waals surface area (Å²) in [6, 6.07) is 0.132. The van der Waals surface area contributed by atoms with Crippen LogP contribution in [-0.4, -0.2) is 164 Å². The molecule has 0 aliphatic carbocycles. The molecular formula is C38H56N10O13S2. The SMILES string of the molecule is CC[C@H](C)[C@H](NC(=O)COCCOCCOCCOC)C(=O)N[C@@H](CC(=O)O)C(=O)NCC(=O)N[C@@H](CCCNC(=N)N)C(=O)Nc1ccc2nc(C3=N[C@@H](C(=O)O)CS3)sc2c1. The monoisotopic (exact) mass is 924 g/mol. The van der Waals surface area contributed by atoms with Crippen LogP contribution in [0.4, 0.5) is 5.69 Å². The molecule has 5 atom stereocenters. The second kappa shape index (κ2) is 27.6. The summed E-state index contributed by atoms with van der Waals surface area (Å²) in [6.45, 7) is 4.42. The second-order valence-electron chi connectivity index (χ2n) is 14.0. The summed E-state index contributed by atoms with van der Waals surface area (Å²) in [7, 11) is 1.57. The van der Waals surface area contributed by atoms with Crippen molar-refractivity contribution in [2.75, 3.05) is 77.5 Å². The maximum atomic E-state index is 13.5. The number of carboxylic acid groups (broad SMARTS) is 2. The lowest BCUT2D eigenvalue weighted by Crippen LogP contribution is -2.57. The van der Waals surface area contributed by atoms with Crippen LogP contribution < -0.4 is 37.6 Å².